The van der Waals surface area contributed by atoms with Gasteiger partial charge < -0.3 is 5.32 Å². The van der Waals surface area contributed by atoms with E-state index in [0.717, 1.165) is 4.47 Å². The summed E-state index contributed by atoms with van der Waals surface area (Å²) in [6.45, 7) is 1.39. The highest BCUT2D eigenvalue weighted by Gasteiger charge is 2.23. The van der Waals surface area contributed by atoms with Crippen LogP contribution >= 0.6 is 27.3 Å². The second-order valence-electron chi connectivity index (χ2n) is 6.39. The molecule has 0 radical (unpaired) electrons. The van der Waals surface area contributed by atoms with E-state index in [2.05, 4.69) is 21.2 Å². The average Bonchev–Trinajstić information content (AvgIpc) is 3.05. The molecule has 2 aromatic carbocycles. The molecule has 1 N–H and O–H groups in total. The van der Waals surface area contributed by atoms with Gasteiger partial charge in [0, 0.05) is 28.4 Å². The number of nitrogens with one attached hydrogen (secondary N) is 1. The van der Waals surface area contributed by atoms with Crippen molar-refractivity contribution in [2.24, 2.45) is 0 Å². The monoisotopic (exact) mass is 466 g/mol. The van der Waals surface area contributed by atoms with E-state index < -0.39 is 0 Å². The van der Waals surface area contributed by atoms with Gasteiger partial charge in [-0.3, -0.25) is 19.0 Å². The van der Waals surface area contributed by atoms with Crippen molar-refractivity contribution >= 4 is 54.2 Å². The fourth-order valence-corrected chi connectivity index (χ4v) is 4.81. The molecule has 0 bridgehead atoms. The molecule has 29 heavy (non-hydrogen) atoms. The number of benzene rings is 2. The number of hydrogen-bond acceptors (Lipinski definition) is 4. The van der Waals surface area contributed by atoms with Gasteiger partial charge in [0.1, 0.15) is 9.83 Å². The predicted molar refractivity (Wildman–Crippen MR) is 119 cm³/mol. The van der Waals surface area contributed by atoms with E-state index in [4.69, 9.17) is 0 Å². The Bertz CT molecular complexity index is 1310. The predicted octanol–water partition coefficient (Wildman–Crippen LogP) is 5.00. The summed E-state index contributed by atoms with van der Waals surface area (Å²) >= 11 is 4.60. The lowest BCUT2D eigenvalue weighted by atomic mass is 10.0. The number of fused-ring (bicyclic) bond motifs is 1. The number of pyridine rings is 1. The zero-order valence-corrected chi connectivity index (χ0v) is 17.7. The van der Waals surface area contributed by atoms with E-state index in [1.165, 1.54) is 24.3 Å². The van der Waals surface area contributed by atoms with E-state index in [1.54, 1.807) is 28.8 Å². The number of aromatic nitrogens is 1. The molecule has 0 aliphatic rings. The molecular formula is C22H15BrN2O3S. The summed E-state index contributed by atoms with van der Waals surface area (Å²) in [5.74, 6) is -0.506. The van der Waals surface area contributed by atoms with Gasteiger partial charge in [-0.15, -0.1) is 0 Å². The summed E-state index contributed by atoms with van der Waals surface area (Å²) in [5, 5.41) is 3.80. The van der Waals surface area contributed by atoms with Crippen molar-refractivity contribution in [2.75, 3.05) is 5.32 Å². The molecule has 0 aliphatic heterocycles. The van der Waals surface area contributed by atoms with Gasteiger partial charge in [0.2, 0.25) is 5.91 Å². The first-order valence-corrected chi connectivity index (χ1v) is 10.4. The molecule has 5 nitrogen and oxygen atoms in total. The molecule has 0 unspecified atom stereocenters. The van der Waals surface area contributed by atoms with Crippen LogP contribution in [0.15, 0.2) is 76.0 Å². The van der Waals surface area contributed by atoms with E-state index in [1.807, 2.05) is 36.4 Å². The molecule has 1 amide bonds. The van der Waals surface area contributed by atoms with Gasteiger partial charge in [-0.25, -0.2) is 0 Å². The van der Waals surface area contributed by atoms with Crippen LogP contribution in [0.4, 0.5) is 5.00 Å². The van der Waals surface area contributed by atoms with Crippen LogP contribution in [0.1, 0.15) is 22.8 Å². The number of hydrogen-bond donors (Lipinski definition) is 1. The maximum atomic E-state index is 13.4. The van der Waals surface area contributed by atoms with E-state index in [9.17, 15) is 14.4 Å². The Morgan fingerprint density at radius 3 is 2.45 bits per heavy atom. The fraction of sp³-hybridized carbons (Fsp3) is 0.0455. The molecule has 2 heterocycles. The number of rotatable bonds is 4. The van der Waals surface area contributed by atoms with Crippen LogP contribution in [0, 0.1) is 0 Å². The number of para-hydroxylation sites is 1. The van der Waals surface area contributed by atoms with Gasteiger partial charge in [-0.05, 0) is 30.3 Å². The Hall–Kier alpha value is -3.03. The highest BCUT2D eigenvalue weighted by atomic mass is 79.9. The second-order valence-corrected chi connectivity index (χ2v) is 8.30. The van der Waals surface area contributed by atoms with Crippen LogP contribution in [-0.2, 0) is 4.79 Å². The fourth-order valence-electron chi connectivity index (χ4n) is 3.15. The van der Waals surface area contributed by atoms with Gasteiger partial charge in [-0.2, -0.15) is 0 Å². The van der Waals surface area contributed by atoms with E-state index >= 15 is 0 Å². The zero-order chi connectivity index (χ0) is 20.5. The largest absolute Gasteiger partial charge is 0.317 e. The van der Waals surface area contributed by atoms with Crippen molar-refractivity contribution in [3.63, 3.8) is 0 Å². The molecule has 4 aromatic rings. The molecule has 0 atom stereocenters. The maximum absolute atomic E-state index is 13.4. The molecule has 4 rings (SSSR count). The number of amides is 1. The molecular weight excluding hydrogens is 452 g/mol. The quantitative estimate of drug-likeness (QED) is 0.430. The van der Waals surface area contributed by atoms with Crippen LogP contribution in [-0.4, -0.2) is 16.3 Å². The van der Waals surface area contributed by atoms with Gasteiger partial charge in [0.05, 0.1) is 11.3 Å². The Morgan fingerprint density at radius 1 is 1.00 bits per heavy atom. The molecule has 0 saturated carbocycles. The lowest BCUT2D eigenvalue weighted by Crippen LogP contribution is -2.16. The number of halogens is 1. The molecule has 0 spiro atoms. The minimum Gasteiger partial charge on any atom is -0.317 e. The van der Waals surface area contributed by atoms with Gasteiger partial charge in [-0.1, -0.05) is 57.6 Å². The smallest absolute Gasteiger partial charge is 0.256 e. The van der Waals surface area contributed by atoms with Crippen LogP contribution in [0.25, 0.3) is 15.9 Å². The minimum atomic E-state index is -0.284. The third kappa shape index (κ3) is 3.66. The number of anilines is 1. The Morgan fingerprint density at radius 2 is 1.76 bits per heavy atom. The molecule has 2 aromatic heterocycles. The van der Waals surface area contributed by atoms with Crippen molar-refractivity contribution in [2.45, 2.75) is 6.92 Å². The Balaban J connectivity index is 2.02. The molecule has 144 valence electrons. The average molecular weight is 467 g/mol. The van der Waals surface area contributed by atoms with E-state index in [-0.39, 0.29) is 17.2 Å². The summed E-state index contributed by atoms with van der Waals surface area (Å²) in [4.78, 5) is 38.4. The van der Waals surface area contributed by atoms with E-state index in [0.29, 0.717) is 32.0 Å². The van der Waals surface area contributed by atoms with Crippen molar-refractivity contribution in [1.29, 1.82) is 0 Å². The SMILES string of the molecule is CC(=O)Nc1sc2c(ccc(=O)n2-c2ccccc2)c1C(=O)c1cccc(Br)c1. The number of carbonyl (C=O) groups is 2. The summed E-state index contributed by atoms with van der Waals surface area (Å²) in [6.07, 6.45) is 0. The van der Waals surface area contributed by atoms with Crippen LogP contribution in [0.2, 0.25) is 0 Å². The summed E-state index contributed by atoms with van der Waals surface area (Å²) in [7, 11) is 0. The first kappa shape index (κ1) is 19.3. The highest BCUT2D eigenvalue weighted by Crippen LogP contribution is 2.37. The molecule has 0 fully saturated rings. The Kier molecular flexibility index (Phi) is 5.17. The normalized spacial score (nSPS) is 10.8. The number of thiophene rings is 1. The van der Waals surface area contributed by atoms with Gasteiger partial charge in [0.15, 0.2) is 5.78 Å². The van der Waals surface area contributed by atoms with Crippen molar-refractivity contribution < 1.29 is 9.59 Å². The van der Waals surface area contributed by atoms with Crippen molar-refractivity contribution in [3.8, 4) is 5.69 Å². The minimum absolute atomic E-state index is 0.208. The Labute approximate surface area is 178 Å². The summed E-state index contributed by atoms with van der Waals surface area (Å²) in [6, 6.07) is 19.4. The maximum Gasteiger partial charge on any atom is 0.256 e. The number of carbonyl (C=O) groups excluding carboxylic acids is 2. The lowest BCUT2D eigenvalue weighted by Gasteiger charge is -2.07. The molecule has 0 aliphatic carbocycles. The van der Waals surface area contributed by atoms with Crippen molar-refractivity contribution in [3.05, 3.63) is 92.7 Å². The van der Waals surface area contributed by atoms with Crippen LogP contribution in [0.5, 0.6) is 0 Å². The first-order valence-electron chi connectivity index (χ1n) is 8.77. The summed E-state index contributed by atoms with van der Waals surface area (Å²) in [5.41, 5.74) is 1.35. The number of ketones is 1. The van der Waals surface area contributed by atoms with Gasteiger partial charge in [0.25, 0.3) is 5.56 Å². The third-order valence-corrected chi connectivity index (χ3v) is 5.96. The topological polar surface area (TPSA) is 68.2 Å². The van der Waals surface area contributed by atoms with Crippen LogP contribution < -0.4 is 10.9 Å². The lowest BCUT2D eigenvalue weighted by molar-refractivity contribution is -0.114. The standard InChI is InChI=1S/C22H15BrN2O3S/c1-13(26)24-21-19(20(28)14-6-5-7-15(23)12-14)17-10-11-18(27)25(22(17)29-21)16-8-3-2-4-9-16/h2-12H,1H3,(H,24,26). The molecule has 7 heteroatoms. The molecule has 0 saturated heterocycles. The van der Waals surface area contributed by atoms with Gasteiger partial charge >= 0.3 is 0 Å². The summed E-state index contributed by atoms with van der Waals surface area (Å²) < 4.78 is 2.34. The second kappa shape index (κ2) is 7.77. The van der Waals surface area contributed by atoms with Crippen molar-refractivity contribution in [1.82, 2.24) is 4.57 Å². The highest BCUT2D eigenvalue weighted by molar-refractivity contribution is 9.10. The first-order chi connectivity index (χ1) is 14.0. The third-order valence-electron chi connectivity index (χ3n) is 4.36. The van der Waals surface area contributed by atoms with Crippen LogP contribution in [0.3, 0.4) is 0 Å². The number of nitrogens with zero attached hydrogens (tertiary/aromatic N) is 1. The zero-order valence-electron chi connectivity index (χ0n) is 15.3.